The van der Waals surface area contributed by atoms with E-state index in [4.69, 9.17) is 9.47 Å². The molecule has 0 aliphatic rings. The van der Waals surface area contributed by atoms with E-state index in [2.05, 4.69) is 10.6 Å². The molecule has 0 spiro atoms. The third kappa shape index (κ3) is 10.9. The average Bonchev–Trinajstić information content (AvgIpc) is 2.92. The lowest BCUT2D eigenvalue weighted by Crippen LogP contribution is -2.57. The number of nitrogens with zero attached hydrogens (tertiary/aromatic N) is 1. The Labute approximate surface area is 255 Å². The third-order valence-electron chi connectivity index (χ3n) is 6.35. The summed E-state index contributed by atoms with van der Waals surface area (Å²) in [4.78, 5) is 64.6. The summed E-state index contributed by atoms with van der Waals surface area (Å²) in [6, 6.07) is 10.5. The van der Waals surface area contributed by atoms with E-state index >= 15 is 0 Å². The second-order valence-corrected chi connectivity index (χ2v) is 10.2. The van der Waals surface area contributed by atoms with E-state index in [0.29, 0.717) is 27.7 Å². The SMILES string of the molecule is C/C=C\C(F)(F)CN(CC(=O)NCC)C(=O)C(OC(C)=O)C(Cc1ccccc1)NC(=O)c1cc(C)cc(OC(C)=O)c1C. The Bertz CT molecular complexity index is 1380. The molecular weight excluding hydrogens is 576 g/mol. The molecule has 12 heteroatoms. The standard InChI is InChI=1S/C32H39F2N3O7/c1-7-14-32(33,34)19-37(18-28(40)35-8-2)31(42)29(44-23(6)39)26(17-24-12-10-9-11-13-24)36-30(41)25-15-20(3)16-27(21(25)4)43-22(5)38/h7,9-16,26,29H,8,17-19H2,1-6H3,(H,35,40)(H,36,41)/b14-7-. The molecule has 0 aliphatic carbocycles. The van der Waals surface area contributed by atoms with E-state index in [1.54, 1.807) is 63.2 Å². The van der Waals surface area contributed by atoms with Gasteiger partial charge in [-0.05, 0) is 63.5 Å². The second-order valence-electron chi connectivity index (χ2n) is 10.2. The predicted octanol–water partition coefficient (Wildman–Crippen LogP) is 3.68. The Morgan fingerprint density at radius 1 is 1.02 bits per heavy atom. The van der Waals surface area contributed by atoms with E-state index in [-0.39, 0.29) is 24.3 Å². The summed E-state index contributed by atoms with van der Waals surface area (Å²) in [5.41, 5.74) is 1.69. The molecule has 10 nitrogen and oxygen atoms in total. The number of esters is 2. The van der Waals surface area contributed by atoms with Gasteiger partial charge in [0.1, 0.15) is 5.75 Å². The lowest BCUT2D eigenvalue weighted by Gasteiger charge is -2.33. The van der Waals surface area contributed by atoms with Crippen LogP contribution in [0.5, 0.6) is 5.75 Å². The van der Waals surface area contributed by atoms with Crippen molar-refractivity contribution in [2.75, 3.05) is 19.6 Å². The minimum Gasteiger partial charge on any atom is -0.450 e. The Balaban J connectivity index is 2.62. The summed E-state index contributed by atoms with van der Waals surface area (Å²) in [5, 5.41) is 5.20. The number of nitrogens with one attached hydrogen (secondary N) is 2. The highest BCUT2D eigenvalue weighted by molar-refractivity contribution is 5.98. The second kappa shape index (κ2) is 16.3. The number of aryl methyl sites for hydroxylation is 1. The molecule has 0 bridgehead atoms. The van der Waals surface area contributed by atoms with E-state index in [1.807, 2.05) is 0 Å². The van der Waals surface area contributed by atoms with Gasteiger partial charge in [-0.3, -0.25) is 24.0 Å². The first-order valence-corrected chi connectivity index (χ1v) is 14.1. The number of amides is 3. The summed E-state index contributed by atoms with van der Waals surface area (Å²) in [6.45, 7) is 6.82. The summed E-state index contributed by atoms with van der Waals surface area (Å²) in [7, 11) is 0. The number of hydrogen-bond donors (Lipinski definition) is 2. The molecule has 0 aliphatic heterocycles. The van der Waals surface area contributed by atoms with Crippen LogP contribution in [0.3, 0.4) is 0 Å². The van der Waals surface area contributed by atoms with Crippen molar-refractivity contribution >= 4 is 29.7 Å². The van der Waals surface area contributed by atoms with Gasteiger partial charge in [0.25, 0.3) is 17.7 Å². The van der Waals surface area contributed by atoms with Gasteiger partial charge in [-0.15, -0.1) is 0 Å². The fourth-order valence-electron chi connectivity index (χ4n) is 4.52. The molecule has 0 saturated heterocycles. The van der Waals surface area contributed by atoms with Crippen molar-refractivity contribution in [1.29, 1.82) is 0 Å². The zero-order valence-corrected chi connectivity index (χ0v) is 25.7. The minimum absolute atomic E-state index is 0.0435. The predicted molar refractivity (Wildman–Crippen MR) is 159 cm³/mol. The third-order valence-corrected chi connectivity index (χ3v) is 6.35. The molecule has 3 amide bonds. The molecular formula is C32H39F2N3O7. The number of hydrogen-bond acceptors (Lipinski definition) is 7. The fraction of sp³-hybridized carbons (Fsp3) is 0.406. The molecule has 238 valence electrons. The van der Waals surface area contributed by atoms with Crippen molar-refractivity contribution in [3.63, 3.8) is 0 Å². The van der Waals surface area contributed by atoms with Crippen LogP contribution in [0.4, 0.5) is 8.78 Å². The number of carbonyl (C=O) groups excluding carboxylic acids is 5. The molecule has 0 heterocycles. The van der Waals surface area contributed by atoms with Gasteiger partial charge in [-0.25, -0.2) is 8.78 Å². The van der Waals surface area contributed by atoms with E-state index < -0.39 is 60.8 Å². The van der Waals surface area contributed by atoms with Crippen molar-refractivity contribution in [1.82, 2.24) is 15.5 Å². The van der Waals surface area contributed by atoms with Crippen LogP contribution in [0.2, 0.25) is 0 Å². The van der Waals surface area contributed by atoms with Gasteiger partial charge in [0.05, 0.1) is 19.1 Å². The van der Waals surface area contributed by atoms with Crippen LogP contribution >= 0.6 is 0 Å². The highest BCUT2D eigenvalue weighted by Gasteiger charge is 2.40. The van der Waals surface area contributed by atoms with Gasteiger partial charge in [0, 0.05) is 31.5 Å². The van der Waals surface area contributed by atoms with Gasteiger partial charge in [0.2, 0.25) is 12.0 Å². The van der Waals surface area contributed by atoms with Gasteiger partial charge >= 0.3 is 11.9 Å². The summed E-state index contributed by atoms with van der Waals surface area (Å²) in [5.74, 6) is -7.34. The molecule has 0 aromatic heterocycles. The number of benzene rings is 2. The van der Waals surface area contributed by atoms with Crippen LogP contribution in [-0.4, -0.2) is 72.3 Å². The molecule has 2 aromatic carbocycles. The molecule has 44 heavy (non-hydrogen) atoms. The Morgan fingerprint density at radius 3 is 2.25 bits per heavy atom. The molecule has 0 saturated carbocycles. The van der Waals surface area contributed by atoms with Crippen molar-refractivity contribution in [2.24, 2.45) is 0 Å². The van der Waals surface area contributed by atoms with Gasteiger partial charge < -0.3 is 25.0 Å². The maximum absolute atomic E-state index is 14.8. The maximum atomic E-state index is 14.8. The Kier molecular flexibility index (Phi) is 13.2. The molecule has 2 atom stereocenters. The van der Waals surface area contributed by atoms with Crippen molar-refractivity contribution in [2.45, 2.75) is 66.0 Å². The van der Waals surface area contributed by atoms with Gasteiger partial charge in [-0.2, -0.15) is 0 Å². The highest BCUT2D eigenvalue weighted by atomic mass is 19.3. The van der Waals surface area contributed by atoms with E-state index in [9.17, 15) is 32.8 Å². The smallest absolute Gasteiger partial charge is 0.308 e. The summed E-state index contributed by atoms with van der Waals surface area (Å²) >= 11 is 0. The monoisotopic (exact) mass is 615 g/mol. The fourth-order valence-corrected chi connectivity index (χ4v) is 4.52. The molecule has 0 fully saturated rings. The average molecular weight is 616 g/mol. The van der Waals surface area contributed by atoms with Crippen LogP contribution in [0.1, 0.15) is 54.7 Å². The highest BCUT2D eigenvalue weighted by Crippen LogP contribution is 2.25. The number of likely N-dealkylation sites (N-methyl/N-ethyl adjacent to an activating group) is 1. The lowest BCUT2D eigenvalue weighted by atomic mass is 9.98. The molecule has 0 radical (unpaired) electrons. The first-order chi connectivity index (χ1) is 20.7. The first kappa shape index (κ1) is 35.6. The number of rotatable bonds is 14. The normalized spacial score (nSPS) is 12.6. The zero-order valence-electron chi connectivity index (χ0n) is 25.7. The number of ether oxygens (including phenoxy) is 2. The van der Waals surface area contributed by atoms with E-state index in [1.165, 1.54) is 13.8 Å². The quantitative estimate of drug-likeness (QED) is 0.188. The van der Waals surface area contributed by atoms with Crippen LogP contribution in [0.15, 0.2) is 54.6 Å². The molecule has 2 rings (SSSR count). The summed E-state index contributed by atoms with van der Waals surface area (Å²) in [6.07, 6.45) is -0.120. The Morgan fingerprint density at radius 2 is 1.68 bits per heavy atom. The minimum atomic E-state index is -3.51. The van der Waals surface area contributed by atoms with Crippen LogP contribution in [0.25, 0.3) is 0 Å². The van der Waals surface area contributed by atoms with Gasteiger partial charge in [-0.1, -0.05) is 36.4 Å². The number of carbonyl (C=O) groups is 5. The van der Waals surface area contributed by atoms with E-state index in [0.717, 1.165) is 13.0 Å². The Hall–Kier alpha value is -4.61. The first-order valence-electron chi connectivity index (χ1n) is 14.1. The van der Waals surface area contributed by atoms with Crippen molar-refractivity contribution in [3.8, 4) is 5.75 Å². The largest absolute Gasteiger partial charge is 0.450 e. The molecule has 2 N–H and O–H groups in total. The van der Waals surface area contributed by atoms with Crippen molar-refractivity contribution in [3.05, 3.63) is 76.9 Å². The maximum Gasteiger partial charge on any atom is 0.308 e. The number of halogens is 2. The molecule has 2 unspecified atom stereocenters. The lowest BCUT2D eigenvalue weighted by molar-refractivity contribution is -0.162. The topological polar surface area (TPSA) is 131 Å². The van der Waals surface area contributed by atoms with Gasteiger partial charge in [0.15, 0.2) is 0 Å². The summed E-state index contributed by atoms with van der Waals surface area (Å²) < 4.78 is 40.2. The van der Waals surface area contributed by atoms with Crippen LogP contribution in [-0.2, 0) is 30.3 Å². The zero-order chi connectivity index (χ0) is 33.0. The van der Waals surface area contributed by atoms with Crippen LogP contribution in [0, 0.1) is 13.8 Å². The van der Waals surface area contributed by atoms with Crippen LogP contribution < -0.4 is 15.4 Å². The number of allylic oxidation sites excluding steroid dienone is 1. The van der Waals surface area contributed by atoms with Crippen molar-refractivity contribution < 1.29 is 42.2 Å². The molecule has 2 aromatic rings. The number of alkyl halides is 2.